The molecule has 2 rings (SSSR count). The van der Waals surface area contributed by atoms with Crippen LogP contribution in [0.25, 0.3) is 0 Å². The summed E-state index contributed by atoms with van der Waals surface area (Å²) in [5.41, 5.74) is 3.73. The van der Waals surface area contributed by atoms with Crippen molar-refractivity contribution in [2.24, 2.45) is 0 Å². The number of ether oxygens (including phenoxy) is 1. The van der Waals surface area contributed by atoms with Gasteiger partial charge in [-0.3, -0.25) is 4.79 Å². The summed E-state index contributed by atoms with van der Waals surface area (Å²) in [6.07, 6.45) is 2.37. The van der Waals surface area contributed by atoms with Crippen molar-refractivity contribution in [2.75, 3.05) is 0 Å². The summed E-state index contributed by atoms with van der Waals surface area (Å²) in [6, 6.07) is 4.14. The van der Waals surface area contributed by atoms with Crippen molar-refractivity contribution in [3.63, 3.8) is 0 Å². The summed E-state index contributed by atoms with van der Waals surface area (Å²) >= 11 is 0. The molecular weight excluding hydrogens is 176 g/mol. The maximum atomic E-state index is 11.1. The van der Waals surface area contributed by atoms with Gasteiger partial charge in [-0.1, -0.05) is 13.0 Å². The molecule has 74 valence electrons. The highest BCUT2D eigenvalue weighted by Gasteiger charge is 2.17. The van der Waals surface area contributed by atoms with Crippen LogP contribution < -0.4 is 4.74 Å². The fraction of sp³-hybridized carbons (Fsp3) is 0.417. The fourth-order valence-electron chi connectivity index (χ4n) is 1.86. The van der Waals surface area contributed by atoms with Gasteiger partial charge in [0.25, 0.3) is 0 Å². The average Bonchev–Trinajstić information content (AvgIpc) is 2.16. The largest absolute Gasteiger partial charge is 0.426 e. The van der Waals surface area contributed by atoms with Crippen LogP contribution in [0, 0.1) is 6.92 Å². The molecule has 0 amide bonds. The molecule has 0 saturated carbocycles. The first kappa shape index (κ1) is 9.25. The van der Waals surface area contributed by atoms with Crippen LogP contribution in [0.4, 0.5) is 0 Å². The third-order valence-corrected chi connectivity index (χ3v) is 2.72. The molecule has 2 nitrogen and oxygen atoms in total. The number of rotatable bonds is 1. The van der Waals surface area contributed by atoms with Gasteiger partial charge in [-0.25, -0.2) is 0 Å². The molecular formula is C12H14O2. The molecule has 0 saturated heterocycles. The Balaban J connectivity index is 2.45. The van der Waals surface area contributed by atoms with E-state index in [1.807, 2.05) is 6.07 Å². The van der Waals surface area contributed by atoms with E-state index in [4.69, 9.17) is 4.74 Å². The maximum Gasteiger partial charge on any atom is 0.311 e. The Labute approximate surface area is 83.9 Å². The van der Waals surface area contributed by atoms with Crippen LogP contribution in [-0.4, -0.2) is 5.97 Å². The minimum atomic E-state index is -0.110. The molecule has 0 radical (unpaired) electrons. The lowest BCUT2D eigenvalue weighted by atomic mass is 9.98. The maximum absolute atomic E-state index is 11.1. The molecule has 0 aromatic heterocycles. The monoisotopic (exact) mass is 190 g/mol. The van der Waals surface area contributed by atoms with Crippen molar-refractivity contribution < 1.29 is 9.53 Å². The standard InChI is InChI=1S/C12H14O2/c1-3-9-7-10-4-5-12(13)14-11(10)6-8(9)2/h6-7H,3-5H2,1-2H3. The Morgan fingerprint density at radius 3 is 2.86 bits per heavy atom. The van der Waals surface area contributed by atoms with Crippen molar-refractivity contribution in [3.8, 4) is 5.75 Å². The zero-order valence-electron chi connectivity index (χ0n) is 8.59. The first-order chi connectivity index (χ1) is 6.70. The van der Waals surface area contributed by atoms with E-state index in [1.165, 1.54) is 16.7 Å². The van der Waals surface area contributed by atoms with Crippen molar-refractivity contribution >= 4 is 5.97 Å². The fourth-order valence-corrected chi connectivity index (χ4v) is 1.86. The van der Waals surface area contributed by atoms with Crippen molar-refractivity contribution in [3.05, 3.63) is 28.8 Å². The van der Waals surface area contributed by atoms with E-state index in [-0.39, 0.29) is 5.97 Å². The quantitative estimate of drug-likeness (QED) is 0.502. The van der Waals surface area contributed by atoms with E-state index in [9.17, 15) is 4.79 Å². The molecule has 1 aliphatic heterocycles. The van der Waals surface area contributed by atoms with Crippen molar-refractivity contribution in [1.29, 1.82) is 0 Å². The Hall–Kier alpha value is -1.31. The van der Waals surface area contributed by atoms with Gasteiger partial charge < -0.3 is 4.74 Å². The Morgan fingerprint density at radius 1 is 1.36 bits per heavy atom. The molecule has 0 fully saturated rings. The van der Waals surface area contributed by atoms with E-state index >= 15 is 0 Å². The second kappa shape index (κ2) is 3.45. The molecule has 0 N–H and O–H groups in total. The van der Waals surface area contributed by atoms with Crippen molar-refractivity contribution in [2.45, 2.75) is 33.1 Å². The van der Waals surface area contributed by atoms with E-state index in [2.05, 4.69) is 19.9 Å². The van der Waals surface area contributed by atoms with Gasteiger partial charge in [0, 0.05) is 0 Å². The smallest absolute Gasteiger partial charge is 0.311 e. The van der Waals surface area contributed by atoms with Gasteiger partial charge in [-0.05, 0) is 42.5 Å². The summed E-state index contributed by atoms with van der Waals surface area (Å²) < 4.78 is 5.17. The van der Waals surface area contributed by atoms with E-state index < -0.39 is 0 Å². The van der Waals surface area contributed by atoms with Crippen molar-refractivity contribution in [1.82, 2.24) is 0 Å². The highest BCUT2D eigenvalue weighted by atomic mass is 16.5. The lowest BCUT2D eigenvalue weighted by molar-refractivity contribution is -0.135. The van der Waals surface area contributed by atoms with Crippen LogP contribution in [0.1, 0.15) is 30.0 Å². The predicted octanol–water partition coefficient (Wildman–Crippen LogP) is 2.41. The van der Waals surface area contributed by atoms with Gasteiger partial charge in [-0.2, -0.15) is 0 Å². The Kier molecular flexibility index (Phi) is 2.28. The molecule has 14 heavy (non-hydrogen) atoms. The van der Waals surface area contributed by atoms with Crippen LogP contribution in [-0.2, 0) is 17.6 Å². The number of aryl methyl sites for hydroxylation is 3. The first-order valence-corrected chi connectivity index (χ1v) is 5.03. The molecule has 1 aromatic rings. The van der Waals surface area contributed by atoms with E-state index in [1.54, 1.807) is 0 Å². The molecule has 2 heteroatoms. The molecule has 1 aromatic carbocycles. The van der Waals surface area contributed by atoms with Gasteiger partial charge in [0.15, 0.2) is 0 Å². The van der Waals surface area contributed by atoms with Crippen LogP contribution in [0.2, 0.25) is 0 Å². The lowest BCUT2D eigenvalue weighted by Crippen LogP contribution is -2.16. The van der Waals surface area contributed by atoms with Crippen LogP contribution in [0.15, 0.2) is 12.1 Å². The predicted molar refractivity (Wildman–Crippen MR) is 54.5 cm³/mol. The highest BCUT2D eigenvalue weighted by Crippen LogP contribution is 2.28. The number of hydrogen-bond donors (Lipinski definition) is 0. The molecule has 0 bridgehead atoms. The summed E-state index contributed by atoms with van der Waals surface area (Å²) in [5.74, 6) is 0.650. The van der Waals surface area contributed by atoms with Gasteiger partial charge in [0.1, 0.15) is 5.75 Å². The summed E-state index contributed by atoms with van der Waals surface area (Å²) in [5, 5.41) is 0. The third-order valence-electron chi connectivity index (χ3n) is 2.72. The normalized spacial score (nSPS) is 14.9. The van der Waals surface area contributed by atoms with Gasteiger partial charge >= 0.3 is 5.97 Å². The lowest BCUT2D eigenvalue weighted by Gasteiger charge is -2.17. The van der Waals surface area contributed by atoms with Crippen LogP contribution in [0.5, 0.6) is 5.75 Å². The minimum Gasteiger partial charge on any atom is -0.426 e. The number of benzene rings is 1. The number of fused-ring (bicyclic) bond motifs is 1. The SMILES string of the molecule is CCc1cc2c(cc1C)OC(=O)CC2. The number of esters is 1. The average molecular weight is 190 g/mol. The second-order valence-electron chi connectivity index (χ2n) is 3.71. The molecule has 0 unspecified atom stereocenters. The second-order valence-corrected chi connectivity index (χ2v) is 3.71. The topological polar surface area (TPSA) is 26.3 Å². The summed E-state index contributed by atoms with van der Waals surface area (Å²) in [7, 11) is 0. The highest BCUT2D eigenvalue weighted by molar-refractivity contribution is 5.75. The summed E-state index contributed by atoms with van der Waals surface area (Å²) in [4.78, 5) is 11.1. The minimum absolute atomic E-state index is 0.110. The zero-order chi connectivity index (χ0) is 10.1. The third kappa shape index (κ3) is 1.52. The molecule has 0 spiro atoms. The first-order valence-electron chi connectivity index (χ1n) is 5.03. The van der Waals surface area contributed by atoms with Crippen LogP contribution in [0.3, 0.4) is 0 Å². The van der Waals surface area contributed by atoms with E-state index in [0.717, 1.165) is 18.6 Å². The molecule has 0 aliphatic carbocycles. The number of carbonyl (C=O) groups excluding carboxylic acids is 1. The number of carbonyl (C=O) groups is 1. The number of hydrogen-bond acceptors (Lipinski definition) is 2. The zero-order valence-corrected chi connectivity index (χ0v) is 8.59. The van der Waals surface area contributed by atoms with Gasteiger partial charge in [0.2, 0.25) is 0 Å². The molecule has 0 atom stereocenters. The molecule has 1 aliphatic rings. The Bertz CT molecular complexity index is 380. The van der Waals surface area contributed by atoms with Crippen LogP contribution >= 0.6 is 0 Å². The Morgan fingerprint density at radius 2 is 2.14 bits per heavy atom. The van der Waals surface area contributed by atoms with Gasteiger partial charge in [0.05, 0.1) is 6.42 Å². The van der Waals surface area contributed by atoms with E-state index in [0.29, 0.717) is 6.42 Å². The summed E-state index contributed by atoms with van der Waals surface area (Å²) in [6.45, 7) is 4.20. The molecule has 1 heterocycles. The van der Waals surface area contributed by atoms with Gasteiger partial charge in [-0.15, -0.1) is 0 Å².